The van der Waals surface area contributed by atoms with Crippen molar-refractivity contribution in [3.05, 3.63) is 18.2 Å². The van der Waals surface area contributed by atoms with E-state index in [0.29, 0.717) is 6.04 Å². The van der Waals surface area contributed by atoms with Crippen LogP contribution in [0.3, 0.4) is 0 Å². The Bertz CT molecular complexity index is 447. The third-order valence-corrected chi connectivity index (χ3v) is 5.46. The molecule has 5 nitrogen and oxygen atoms in total. The molecule has 124 valence electrons. The quantitative estimate of drug-likeness (QED) is 0.831. The molecule has 0 radical (unpaired) electrons. The molecular formula is C17H30N4O. The minimum Gasteiger partial charge on any atom is -0.379 e. The van der Waals surface area contributed by atoms with E-state index in [1.54, 1.807) is 0 Å². The van der Waals surface area contributed by atoms with Crippen LogP contribution in [0.1, 0.15) is 32.4 Å². The van der Waals surface area contributed by atoms with Gasteiger partial charge in [-0.15, -0.1) is 0 Å². The summed E-state index contributed by atoms with van der Waals surface area (Å²) in [6.45, 7) is 13.1. The number of ether oxygens (including phenoxy) is 1. The lowest BCUT2D eigenvalue weighted by molar-refractivity contribution is -0.00202. The van der Waals surface area contributed by atoms with E-state index in [9.17, 15) is 0 Å². The van der Waals surface area contributed by atoms with E-state index in [2.05, 4.69) is 33.2 Å². The molecule has 22 heavy (non-hydrogen) atoms. The third-order valence-electron chi connectivity index (χ3n) is 5.46. The number of hydrogen-bond donors (Lipinski definition) is 0. The zero-order chi connectivity index (χ0) is 15.4. The van der Waals surface area contributed by atoms with E-state index in [1.807, 2.05) is 12.5 Å². The standard InChI is InChI=1S/C17H30N4O/c1-3-20-14-18-12-17(20)13-19-6-4-16(5-7-19)15(2)21-8-10-22-11-9-21/h12,14-16H,3-11,13H2,1-2H3/t15-/m0/s1. The Hall–Kier alpha value is -0.910. The maximum atomic E-state index is 5.48. The molecule has 3 rings (SSSR count). The van der Waals surface area contributed by atoms with Crippen LogP contribution in [0.2, 0.25) is 0 Å². The number of piperidine rings is 1. The van der Waals surface area contributed by atoms with Gasteiger partial charge in [0.05, 0.1) is 25.2 Å². The van der Waals surface area contributed by atoms with Gasteiger partial charge in [-0.3, -0.25) is 9.80 Å². The topological polar surface area (TPSA) is 33.5 Å². The van der Waals surface area contributed by atoms with Crippen molar-refractivity contribution in [1.82, 2.24) is 19.4 Å². The Kier molecular flexibility index (Phi) is 5.50. The number of morpholine rings is 1. The van der Waals surface area contributed by atoms with Gasteiger partial charge in [-0.1, -0.05) is 0 Å². The van der Waals surface area contributed by atoms with Crippen LogP contribution in [0.5, 0.6) is 0 Å². The zero-order valence-electron chi connectivity index (χ0n) is 14.1. The summed E-state index contributed by atoms with van der Waals surface area (Å²) in [7, 11) is 0. The molecule has 1 aromatic rings. The van der Waals surface area contributed by atoms with Crippen LogP contribution >= 0.6 is 0 Å². The van der Waals surface area contributed by atoms with Gasteiger partial charge in [-0.25, -0.2) is 4.98 Å². The van der Waals surface area contributed by atoms with Gasteiger partial charge in [-0.2, -0.15) is 0 Å². The van der Waals surface area contributed by atoms with Crippen molar-refractivity contribution in [3.8, 4) is 0 Å². The van der Waals surface area contributed by atoms with Crippen molar-refractivity contribution in [1.29, 1.82) is 0 Å². The van der Waals surface area contributed by atoms with E-state index >= 15 is 0 Å². The maximum absolute atomic E-state index is 5.48. The third kappa shape index (κ3) is 3.70. The number of imidazole rings is 1. The lowest BCUT2D eigenvalue weighted by Gasteiger charge is -2.41. The monoisotopic (exact) mass is 306 g/mol. The Labute approximate surface area is 134 Å². The van der Waals surface area contributed by atoms with Crippen molar-refractivity contribution in [3.63, 3.8) is 0 Å². The molecule has 0 unspecified atom stereocenters. The first-order valence-electron chi connectivity index (χ1n) is 8.81. The summed E-state index contributed by atoms with van der Waals surface area (Å²) in [5.74, 6) is 0.838. The van der Waals surface area contributed by atoms with Crippen molar-refractivity contribution < 1.29 is 4.74 Å². The molecule has 0 spiro atoms. The fraction of sp³-hybridized carbons (Fsp3) is 0.824. The van der Waals surface area contributed by atoms with E-state index in [-0.39, 0.29) is 0 Å². The first-order chi connectivity index (χ1) is 10.8. The van der Waals surface area contributed by atoms with Crippen LogP contribution in [0.15, 0.2) is 12.5 Å². The molecule has 0 amide bonds. The molecule has 1 atom stereocenters. The summed E-state index contributed by atoms with van der Waals surface area (Å²) in [5, 5.41) is 0. The SMILES string of the molecule is CCn1cncc1CN1CCC([C@H](C)N2CCOCC2)CC1. The van der Waals surface area contributed by atoms with Gasteiger partial charge in [0, 0.05) is 38.4 Å². The van der Waals surface area contributed by atoms with Gasteiger partial charge in [0.15, 0.2) is 0 Å². The summed E-state index contributed by atoms with van der Waals surface area (Å²) in [6, 6.07) is 0.701. The van der Waals surface area contributed by atoms with Gasteiger partial charge < -0.3 is 9.30 Å². The molecule has 1 aromatic heterocycles. The minimum absolute atomic E-state index is 0.701. The summed E-state index contributed by atoms with van der Waals surface area (Å²) >= 11 is 0. The van der Waals surface area contributed by atoms with Crippen molar-refractivity contribution in [2.24, 2.45) is 5.92 Å². The number of likely N-dealkylation sites (tertiary alicyclic amines) is 1. The second-order valence-corrected chi connectivity index (χ2v) is 6.67. The van der Waals surface area contributed by atoms with Gasteiger partial charge in [0.2, 0.25) is 0 Å². The first-order valence-corrected chi connectivity index (χ1v) is 8.81. The molecule has 2 fully saturated rings. The minimum atomic E-state index is 0.701. The summed E-state index contributed by atoms with van der Waals surface area (Å²) < 4.78 is 7.73. The van der Waals surface area contributed by atoms with Gasteiger partial charge in [0.1, 0.15) is 0 Å². The molecular weight excluding hydrogens is 276 g/mol. The van der Waals surface area contributed by atoms with Gasteiger partial charge in [-0.05, 0) is 45.7 Å². The van der Waals surface area contributed by atoms with E-state index in [0.717, 1.165) is 45.3 Å². The van der Waals surface area contributed by atoms with Crippen LogP contribution in [0, 0.1) is 5.92 Å². The molecule has 0 aliphatic carbocycles. The predicted octanol–water partition coefficient (Wildman–Crippen LogP) is 1.84. The normalized spacial score (nSPS) is 23.7. The molecule has 3 heterocycles. The average Bonchev–Trinajstić information content (AvgIpc) is 3.03. The number of aromatic nitrogens is 2. The molecule has 2 aliphatic heterocycles. The second kappa shape index (κ2) is 7.57. The first kappa shape index (κ1) is 16.0. The Morgan fingerprint density at radius 2 is 1.95 bits per heavy atom. The highest BCUT2D eigenvalue weighted by Crippen LogP contribution is 2.25. The number of aryl methyl sites for hydroxylation is 1. The number of hydrogen-bond acceptors (Lipinski definition) is 4. The maximum Gasteiger partial charge on any atom is 0.0948 e. The molecule has 2 saturated heterocycles. The molecule has 0 saturated carbocycles. The van der Waals surface area contributed by atoms with Gasteiger partial charge >= 0.3 is 0 Å². The highest BCUT2D eigenvalue weighted by Gasteiger charge is 2.28. The number of nitrogens with zero attached hydrogens (tertiary/aromatic N) is 4. The van der Waals surface area contributed by atoms with E-state index < -0.39 is 0 Å². The van der Waals surface area contributed by atoms with Crippen LogP contribution in [0.25, 0.3) is 0 Å². The molecule has 2 aliphatic rings. The van der Waals surface area contributed by atoms with Crippen LogP contribution in [0.4, 0.5) is 0 Å². The lowest BCUT2D eigenvalue weighted by atomic mass is 9.89. The second-order valence-electron chi connectivity index (χ2n) is 6.67. The molecule has 0 aromatic carbocycles. The Morgan fingerprint density at radius 1 is 1.23 bits per heavy atom. The van der Waals surface area contributed by atoms with Crippen molar-refractivity contribution in [2.75, 3.05) is 39.4 Å². The fourth-order valence-corrected chi connectivity index (χ4v) is 3.87. The average molecular weight is 306 g/mol. The van der Waals surface area contributed by atoms with Crippen molar-refractivity contribution >= 4 is 0 Å². The summed E-state index contributed by atoms with van der Waals surface area (Å²) in [6.07, 6.45) is 6.60. The Morgan fingerprint density at radius 3 is 2.64 bits per heavy atom. The van der Waals surface area contributed by atoms with Crippen LogP contribution < -0.4 is 0 Å². The fourth-order valence-electron chi connectivity index (χ4n) is 3.87. The highest BCUT2D eigenvalue weighted by molar-refractivity contribution is 4.98. The largest absolute Gasteiger partial charge is 0.379 e. The molecule has 0 N–H and O–H groups in total. The number of rotatable bonds is 5. The van der Waals surface area contributed by atoms with E-state index in [4.69, 9.17) is 4.74 Å². The van der Waals surface area contributed by atoms with Crippen LogP contribution in [-0.2, 0) is 17.8 Å². The van der Waals surface area contributed by atoms with Crippen molar-refractivity contribution in [2.45, 2.75) is 45.8 Å². The lowest BCUT2D eigenvalue weighted by Crippen LogP contribution is -2.48. The summed E-state index contributed by atoms with van der Waals surface area (Å²) in [5.41, 5.74) is 1.35. The van der Waals surface area contributed by atoms with Gasteiger partial charge in [0.25, 0.3) is 0 Å². The highest BCUT2D eigenvalue weighted by atomic mass is 16.5. The summed E-state index contributed by atoms with van der Waals surface area (Å²) in [4.78, 5) is 9.49. The predicted molar refractivity (Wildman–Crippen MR) is 87.8 cm³/mol. The molecule has 5 heteroatoms. The smallest absolute Gasteiger partial charge is 0.0948 e. The molecule has 0 bridgehead atoms. The zero-order valence-corrected chi connectivity index (χ0v) is 14.1. The van der Waals surface area contributed by atoms with E-state index in [1.165, 1.54) is 31.6 Å². The van der Waals surface area contributed by atoms with Crippen LogP contribution in [-0.4, -0.2) is 64.8 Å². The Balaban J connectivity index is 1.47.